The Labute approximate surface area is 320 Å². The number of carbonyl (C=O) groups excluding carboxylic acids is 6. The summed E-state index contributed by atoms with van der Waals surface area (Å²) in [4.78, 5) is 86.2. The number of nitrogens with one attached hydrogen (secondary N) is 5. The van der Waals surface area contributed by atoms with Crippen LogP contribution in [-0.2, 0) is 46.3 Å². The first-order valence-corrected chi connectivity index (χ1v) is 18.2. The topological polar surface area (TPSA) is 250 Å². The number of para-hydroxylation sites is 1. The number of fused-ring (bicyclic) bond motifs is 1. The molecule has 1 aromatic heterocycles. The number of amides is 5. The van der Waals surface area contributed by atoms with Gasteiger partial charge in [-0.25, -0.2) is 0 Å². The van der Waals surface area contributed by atoms with Gasteiger partial charge >= 0.3 is 5.97 Å². The van der Waals surface area contributed by atoms with E-state index in [0.29, 0.717) is 5.56 Å². The molecule has 2 aromatic carbocycles. The zero-order valence-corrected chi connectivity index (χ0v) is 32.4. The number of azide groups is 1. The van der Waals surface area contributed by atoms with Crippen molar-refractivity contribution in [3.63, 3.8) is 0 Å². The predicted octanol–water partition coefficient (Wildman–Crippen LogP) is 3.49. The molecule has 0 aliphatic carbocycles. The van der Waals surface area contributed by atoms with E-state index in [4.69, 9.17) is 16.0 Å². The number of nitrogens with two attached hydrogens (primary N) is 1. The maximum Gasteiger partial charge on any atom is 0.308 e. The Hall–Kier alpha value is -5.73. The number of ether oxygens (including phenoxy) is 1. The number of H-pyrrole nitrogens is 1. The number of carbonyl (C=O) groups is 6. The van der Waals surface area contributed by atoms with Crippen LogP contribution in [-0.4, -0.2) is 76.3 Å². The van der Waals surface area contributed by atoms with Gasteiger partial charge in [-0.1, -0.05) is 76.2 Å². The first-order chi connectivity index (χ1) is 25.9. The number of hydrogen-bond donors (Lipinski definition) is 6. The molecule has 16 nitrogen and oxygen atoms in total. The third-order valence-corrected chi connectivity index (χ3v) is 8.50. The van der Waals surface area contributed by atoms with Gasteiger partial charge in [-0.2, -0.15) is 0 Å². The van der Waals surface area contributed by atoms with Crippen molar-refractivity contribution in [3.8, 4) is 0 Å². The summed E-state index contributed by atoms with van der Waals surface area (Å²) >= 11 is 0. The maximum atomic E-state index is 14.0. The summed E-state index contributed by atoms with van der Waals surface area (Å²) in [5.74, 6) is -5.18. The van der Waals surface area contributed by atoms with Crippen molar-refractivity contribution in [1.82, 2.24) is 26.3 Å². The highest BCUT2D eigenvalue weighted by Crippen LogP contribution is 2.19. The van der Waals surface area contributed by atoms with Crippen LogP contribution >= 0.6 is 0 Å². The molecule has 7 N–H and O–H groups in total. The number of esters is 1. The van der Waals surface area contributed by atoms with Crippen LogP contribution in [0, 0.1) is 11.8 Å². The van der Waals surface area contributed by atoms with Gasteiger partial charge in [0, 0.05) is 28.4 Å². The van der Waals surface area contributed by atoms with Crippen LogP contribution in [0.25, 0.3) is 21.3 Å². The van der Waals surface area contributed by atoms with E-state index in [9.17, 15) is 28.8 Å². The monoisotopic (exact) mass is 759 g/mol. The van der Waals surface area contributed by atoms with E-state index >= 15 is 0 Å². The Bertz CT molecular complexity index is 1860. The molecular formula is C39H53N9O7. The second kappa shape index (κ2) is 20.1. The minimum atomic E-state index is -1.49. The van der Waals surface area contributed by atoms with E-state index in [2.05, 4.69) is 36.3 Å². The van der Waals surface area contributed by atoms with Crippen molar-refractivity contribution >= 4 is 46.4 Å². The molecule has 3 rings (SSSR count). The lowest BCUT2D eigenvalue weighted by molar-refractivity contribution is -0.156. The van der Waals surface area contributed by atoms with Crippen molar-refractivity contribution in [3.05, 3.63) is 82.4 Å². The molecule has 0 unspecified atom stereocenters. The Morgan fingerprint density at radius 3 is 2.02 bits per heavy atom. The number of benzene rings is 2. The lowest BCUT2D eigenvalue weighted by Gasteiger charge is -2.28. The molecule has 0 fully saturated rings. The van der Waals surface area contributed by atoms with Crippen molar-refractivity contribution in [1.29, 1.82) is 0 Å². The van der Waals surface area contributed by atoms with Crippen LogP contribution in [0.1, 0.15) is 72.4 Å². The minimum absolute atomic E-state index is 0.0244. The molecule has 5 atom stereocenters. The lowest BCUT2D eigenvalue weighted by atomic mass is 9.99. The van der Waals surface area contributed by atoms with E-state index in [1.54, 1.807) is 71.1 Å². The van der Waals surface area contributed by atoms with Crippen molar-refractivity contribution in [2.45, 2.75) is 110 Å². The van der Waals surface area contributed by atoms with Gasteiger partial charge in [-0.15, -0.1) is 0 Å². The molecule has 16 heteroatoms. The highest BCUT2D eigenvalue weighted by molar-refractivity contribution is 5.97. The second-order valence-electron chi connectivity index (χ2n) is 15.2. The summed E-state index contributed by atoms with van der Waals surface area (Å²) in [7, 11) is 0. The molecule has 0 radical (unpaired) electrons. The van der Waals surface area contributed by atoms with E-state index < -0.39 is 83.7 Å². The quantitative estimate of drug-likeness (QED) is 0.0484. The number of aromatic amines is 1. The van der Waals surface area contributed by atoms with Gasteiger partial charge in [-0.05, 0) is 73.3 Å². The fourth-order valence-electron chi connectivity index (χ4n) is 5.86. The summed E-state index contributed by atoms with van der Waals surface area (Å²) in [6.45, 7) is 12.0. The van der Waals surface area contributed by atoms with Crippen LogP contribution in [0.2, 0.25) is 0 Å². The van der Waals surface area contributed by atoms with Crippen LogP contribution in [0.4, 0.5) is 0 Å². The number of rotatable bonds is 18. The Morgan fingerprint density at radius 1 is 0.800 bits per heavy atom. The molecular weight excluding hydrogens is 706 g/mol. The Balaban J connectivity index is 1.88. The third-order valence-electron chi connectivity index (χ3n) is 8.50. The van der Waals surface area contributed by atoms with Crippen LogP contribution in [0.15, 0.2) is 65.9 Å². The van der Waals surface area contributed by atoms with Crippen LogP contribution < -0.4 is 27.0 Å². The first kappa shape index (κ1) is 43.7. The Kier molecular flexibility index (Phi) is 16.0. The predicted molar refractivity (Wildman–Crippen MR) is 207 cm³/mol. The average Bonchev–Trinajstić information content (AvgIpc) is 3.51. The third kappa shape index (κ3) is 13.9. The SMILES string of the molecule is CC(C)C[C@H](NC(=O)[C@H](NC(=O)[C@H](Cc1ccccc1)NC(=O)[C@@H](CC(=O)OC(C)(C)C)NC(=O)[C@H](N)Cc1c[nH]c2ccccc12)C(C)C)C(=O)N=[N+]=[N-]. The summed E-state index contributed by atoms with van der Waals surface area (Å²) < 4.78 is 5.46. The largest absolute Gasteiger partial charge is 0.460 e. The van der Waals surface area contributed by atoms with Gasteiger partial charge in [0.2, 0.25) is 29.5 Å². The molecule has 0 aliphatic heterocycles. The van der Waals surface area contributed by atoms with Crippen molar-refractivity contribution in [2.24, 2.45) is 22.7 Å². The van der Waals surface area contributed by atoms with Gasteiger partial charge in [-0.3, -0.25) is 28.8 Å². The molecule has 0 saturated heterocycles. The molecule has 296 valence electrons. The molecule has 0 saturated carbocycles. The van der Waals surface area contributed by atoms with Crippen LogP contribution in [0.3, 0.4) is 0 Å². The normalized spacial score (nSPS) is 14.1. The highest BCUT2D eigenvalue weighted by Gasteiger charge is 2.34. The lowest BCUT2D eigenvalue weighted by Crippen LogP contribution is -2.60. The standard InChI is InChI=1S/C39H53N9O7/c1-22(2)17-29(37(53)47-48-41)45-38(54)33(23(3)4)46-36(52)30(18-24-13-9-8-10-14-24)44-35(51)31(20-32(49)55-39(5,6)7)43-34(50)27(40)19-25-21-42-28-16-12-11-15-26(25)28/h8-16,21-23,27,29-31,33,42H,17-20,40H2,1-7H3,(H,43,50)(H,44,51)(H,45,54)(H,46,52)/t27-,29+,30+,31-,33-/m1/s1. The molecule has 3 aromatic rings. The van der Waals surface area contributed by atoms with Gasteiger partial charge in [0.05, 0.1) is 18.5 Å². The average molecular weight is 760 g/mol. The molecule has 0 spiro atoms. The molecule has 55 heavy (non-hydrogen) atoms. The summed E-state index contributed by atoms with van der Waals surface area (Å²) in [6, 6.07) is 10.1. The van der Waals surface area contributed by atoms with Gasteiger partial charge in [0.15, 0.2) is 0 Å². The summed E-state index contributed by atoms with van der Waals surface area (Å²) in [5.41, 5.74) is 16.5. The number of hydrogen-bond acceptors (Lipinski definition) is 8. The fourth-order valence-corrected chi connectivity index (χ4v) is 5.86. The minimum Gasteiger partial charge on any atom is -0.460 e. The summed E-state index contributed by atoms with van der Waals surface area (Å²) in [5, 5.41) is 14.6. The second-order valence-corrected chi connectivity index (χ2v) is 15.2. The fraction of sp³-hybridized carbons (Fsp3) is 0.487. The summed E-state index contributed by atoms with van der Waals surface area (Å²) in [6.07, 6.45) is 1.47. The zero-order valence-electron chi connectivity index (χ0n) is 32.4. The molecule has 0 aliphatic rings. The van der Waals surface area contributed by atoms with E-state index in [0.717, 1.165) is 16.5 Å². The van der Waals surface area contributed by atoms with E-state index in [1.165, 1.54) is 0 Å². The molecule has 1 heterocycles. The molecule has 5 amide bonds. The molecule has 0 bridgehead atoms. The zero-order chi connectivity index (χ0) is 40.9. The smallest absolute Gasteiger partial charge is 0.308 e. The van der Waals surface area contributed by atoms with Gasteiger partial charge in [0.1, 0.15) is 23.7 Å². The Morgan fingerprint density at radius 2 is 1.40 bits per heavy atom. The number of aromatic nitrogens is 1. The first-order valence-electron chi connectivity index (χ1n) is 18.2. The van der Waals surface area contributed by atoms with Gasteiger partial charge < -0.3 is 36.7 Å². The van der Waals surface area contributed by atoms with Crippen molar-refractivity contribution < 1.29 is 33.5 Å². The van der Waals surface area contributed by atoms with Crippen LogP contribution in [0.5, 0.6) is 0 Å². The maximum absolute atomic E-state index is 14.0. The van der Waals surface area contributed by atoms with E-state index in [1.807, 2.05) is 38.1 Å². The highest BCUT2D eigenvalue weighted by atomic mass is 16.6. The van der Waals surface area contributed by atoms with Crippen molar-refractivity contribution in [2.75, 3.05) is 0 Å². The number of nitrogens with zero attached hydrogens (tertiary/aromatic N) is 3. The van der Waals surface area contributed by atoms with Gasteiger partial charge in [0.25, 0.3) is 0 Å². The van der Waals surface area contributed by atoms with E-state index in [-0.39, 0.29) is 25.2 Å².